The molecule has 0 aliphatic rings. The van der Waals surface area contributed by atoms with Gasteiger partial charge in [-0.05, 0) is 24.5 Å². The van der Waals surface area contributed by atoms with Crippen molar-refractivity contribution in [2.45, 2.75) is 37.8 Å². The van der Waals surface area contributed by atoms with Crippen LogP contribution < -0.4 is 15.8 Å². The van der Waals surface area contributed by atoms with E-state index in [1.165, 1.54) is 24.4 Å². The summed E-state index contributed by atoms with van der Waals surface area (Å²) in [7, 11) is -4.17. The summed E-state index contributed by atoms with van der Waals surface area (Å²) in [6.07, 6.45) is 1.47. The maximum absolute atomic E-state index is 12.8. The van der Waals surface area contributed by atoms with E-state index in [0.29, 0.717) is 0 Å². The Morgan fingerprint density at radius 1 is 1.30 bits per heavy atom. The van der Waals surface area contributed by atoms with Gasteiger partial charge < -0.3 is 11.1 Å². The number of anilines is 1. The zero-order valence-corrected chi connectivity index (χ0v) is 18.5. The second kappa shape index (κ2) is 10.0. The lowest BCUT2D eigenvalue weighted by Gasteiger charge is -2.20. The standard InChI is InChI=1S/C18H20Cl2N6O3S/c1-10(2)6-14(26-30(28,29)16-12(19)4-3-5-13(16)20)18(27)24-9-15-23-8-11(7-21)17(22)25-15/h3-5,8,10,14,26H,6,9H2,1-2H3,(H,24,27)(H2,22,23,25). The minimum Gasteiger partial charge on any atom is -0.382 e. The van der Waals surface area contributed by atoms with Crippen molar-refractivity contribution in [3.05, 3.63) is 45.8 Å². The van der Waals surface area contributed by atoms with Crippen LogP contribution in [-0.4, -0.2) is 30.3 Å². The molecule has 4 N–H and O–H groups in total. The first-order valence-corrected chi connectivity index (χ1v) is 11.0. The monoisotopic (exact) mass is 470 g/mol. The topological polar surface area (TPSA) is 151 Å². The van der Waals surface area contributed by atoms with Gasteiger partial charge in [-0.25, -0.2) is 18.4 Å². The number of rotatable bonds is 8. The van der Waals surface area contributed by atoms with Gasteiger partial charge in [0.05, 0.1) is 22.8 Å². The van der Waals surface area contributed by atoms with E-state index in [9.17, 15) is 13.2 Å². The summed E-state index contributed by atoms with van der Waals surface area (Å²) in [6, 6.07) is 5.07. The van der Waals surface area contributed by atoms with E-state index in [1.807, 2.05) is 19.9 Å². The van der Waals surface area contributed by atoms with Crippen molar-refractivity contribution in [1.82, 2.24) is 20.0 Å². The van der Waals surface area contributed by atoms with E-state index in [4.69, 9.17) is 34.2 Å². The highest BCUT2D eigenvalue weighted by Crippen LogP contribution is 2.29. The number of nitriles is 1. The molecule has 0 aliphatic heterocycles. The fourth-order valence-corrected chi connectivity index (χ4v) is 4.91. The van der Waals surface area contributed by atoms with E-state index in [1.54, 1.807) is 0 Å². The molecule has 0 aliphatic carbocycles. The number of carbonyl (C=O) groups excluding carboxylic acids is 1. The number of nitrogens with one attached hydrogen (secondary N) is 2. The molecule has 1 amide bonds. The van der Waals surface area contributed by atoms with Crippen molar-refractivity contribution >= 4 is 45.0 Å². The number of carbonyl (C=O) groups is 1. The van der Waals surface area contributed by atoms with Gasteiger partial charge in [-0.3, -0.25) is 4.79 Å². The summed E-state index contributed by atoms with van der Waals surface area (Å²) in [5.74, 6) is -0.404. The molecule has 160 valence electrons. The third-order valence-corrected chi connectivity index (χ3v) is 6.34. The molecule has 30 heavy (non-hydrogen) atoms. The first-order chi connectivity index (χ1) is 14.0. The Bertz CT molecular complexity index is 1070. The van der Waals surface area contributed by atoms with Crippen LogP contribution in [-0.2, 0) is 21.4 Å². The molecule has 1 heterocycles. The molecule has 0 bridgehead atoms. The van der Waals surface area contributed by atoms with E-state index in [0.717, 1.165) is 0 Å². The van der Waals surface area contributed by atoms with Crippen LogP contribution in [0.4, 0.5) is 5.82 Å². The molecular formula is C18H20Cl2N6O3S. The SMILES string of the molecule is CC(C)CC(NS(=O)(=O)c1c(Cl)cccc1Cl)C(=O)NCc1ncc(C#N)c(N)n1. The summed E-state index contributed by atoms with van der Waals surface area (Å²) in [6.45, 7) is 3.60. The van der Waals surface area contributed by atoms with Crippen LogP contribution in [0.2, 0.25) is 10.0 Å². The lowest BCUT2D eigenvalue weighted by molar-refractivity contribution is -0.123. The Hall–Kier alpha value is -2.45. The van der Waals surface area contributed by atoms with Gasteiger partial charge in [0.25, 0.3) is 0 Å². The number of halogens is 2. The third kappa shape index (κ3) is 6.03. The molecule has 12 heteroatoms. The van der Waals surface area contributed by atoms with E-state index in [-0.39, 0.29) is 51.0 Å². The zero-order valence-electron chi connectivity index (χ0n) is 16.2. The maximum Gasteiger partial charge on any atom is 0.244 e. The average molecular weight is 471 g/mol. The Labute approximate surface area is 184 Å². The molecule has 9 nitrogen and oxygen atoms in total. The summed E-state index contributed by atoms with van der Waals surface area (Å²) >= 11 is 12.0. The van der Waals surface area contributed by atoms with Crippen molar-refractivity contribution in [3.63, 3.8) is 0 Å². The number of hydrogen-bond acceptors (Lipinski definition) is 7. The van der Waals surface area contributed by atoms with Crippen LogP contribution >= 0.6 is 23.2 Å². The smallest absolute Gasteiger partial charge is 0.244 e. The lowest BCUT2D eigenvalue weighted by Crippen LogP contribution is -2.47. The van der Waals surface area contributed by atoms with E-state index < -0.39 is 22.0 Å². The number of sulfonamides is 1. The number of hydrogen-bond donors (Lipinski definition) is 3. The fraction of sp³-hybridized carbons (Fsp3) is 0.333. The van der Waals surface area contributed by atoms with Gasteiger partial charge in [0.15, 0.2) is 0 Å². The van der Waals surface area contributed by atoms with Gasteiger partial charge in [0, 0.05) is 0 Å². The molecule has 0 saturated carbocycles. The van der Waals surface area contributed by atoms with Crippen LogP contribution in [0, 0.1) is 17.2 Å². The summed E-state index contributed by atoms with van der Waals surface area (Å²) in [4.78, 5) is 20.3. The second-order valence-corrected chi connectivity index (χ2v) is 9.23. The zero-order chi connectivity index (χ0) is 22.5. The lowest BCUT2D eigenvalue weighted by atomic mass is 10.0. The van der Waals surface area contributed by atoms with Crippen molar-refractivity contribution in [2.75, 3.05) is 5.73 Å². The van der Waals surface area contributed by atoms with Gasteiger partial charge in [-0.1, -0.05) is 43.1 Å². The number of nitrogens with two attached hydrogens (primary N) is 1. The van der Waals surface area contributed by atoms with Crippen molar-refractivity contribution in [1.29, 1.82) is 5.26 Å². The highest BCUT2D eigenvalue weighted by atomic mass is 35.5. The first kappa shape index (κ1) is 23.8. The van der Waals surface area contributed by atoms with Crippen LogP contribution in [0.5, 0.6) is 0 Å². The number of benzene rings is 1. The normalized spacial score (nSPS) is 12.4. The Balaban J connectivity index is 2.19. The van der Waals surface area contributed by atoms with Gasteiger partial charge >= 0.3 is 0 Å². The number of nitrogen functional groups attached to an aromatic ring is 1. The quantitative estimate of drug-likeness (QED) is 0.534. The predicted octanol–water partition coefficient (Wildman–Crippen LogP) is 2.25. The Kier molecular flexibility index (Phi) is 7.97. The molecule has 2 rings (SSSR count). The van der Waals surface area contributed by atoms with Crippen LogP contribution in [0.25, 0.3) is 0 Å². The average Bonchev–Trinajstić information content (AvgIpc) is 2.64. The molecule has 1 aromatic heterocycles. The molecule has 0 radical (unpaired) electrons. The largest absolute Gasteiger partial charge is 0.382 e. The summed E-state index contributed by atoms with van der Waals surface area (Å²) < 4.78 is 28.0. The highest BCUT2D eigenvalue weighted by molar-refractivity contribution is 7.89. The molecule has 1 unspecified atom stereocenters. The van der Waals surface area contributed by atoms with E-state index in [2.05, 4.69) is 20.0 Å². The molecule has 0 saturated heterocycles. The second-order valence-electron chi connectivity index (χ2n) is 6.77. The molecule has 2 aromatic rings. The molecule has 0 spiro atoms. The van der Waals surface area contributed by atoms with Crippen LogP contribution in [0.3, 0.4) is 0 Å². The first-order valence-electron chi connectivity index (χ1n) is 8.80. The van der Waals surface area contributed by atoms with Gasteiger partial charge in [0.1, 0.15) is 34.2 Å². The highest BCUT2D eigenvalue weighted by Gasteiger charge is 2.29. The van der Waals surface area contributed by atoms with Crippen molar-refractivity contribution in [3.8, 4) is 6.07 Å². The minimum atomic E-state index is -4.17. The number of amides is 1. The summed E-state index contributed by atoms with van der Waals surface area (Å²) in [5, 5.41) is 11.3. The minimum absolute atomic E-state index is 0.00646. The third-order valence-electron chi connectivity index (χ3n) is 3.92. The predicted molar refractivity (Wildman–Crippen MR) is 113 cm³/mol. The van der Waals surface area contributed by atoms with E-state index >= 15 is 0 Å². The van der Waals surface area contributed by atoms with Crippen molar-refractivity contribution < 1.29 is 13.2 Å². The van der Waals surface area contributed by atoms with Crippen LogP contribution in [0.1, 0.15) is 31.7 Å². The summed E-state index contributed by atoms with van der Waals surface area (Å²) in [5.41, 5.74) is 5.75. The van der Waals surface area contributed by atoms with Gasteiger partial charge in [0.2, 0.25) is 15.9 Å². The Morgan fingerprint density at radius 3 is 2.47 bits per heavy atom. The van der Waals surface area contributed by atoms with Gasteiger partial charge in [-0.15, -0.1) is 0 Å². The fourth-order valence-electron chi connectivity index (χ4n) is 2.56. The Morgan fingerprint density at radius 2 is 1.93 bits per heavy atom. The maximum atomic E-state index is 12.8. The molecule has 0 fully saturated rings. The number of nitrogens with zero attached hydrogens (tertiary/aromatic N) is 3. The molecular weight excluding hydrogens is 451 g/mol. The van der Waals surface area contributed by atoms with Crippen molar-refractivity contribution in [2.24, 2.45) is 5.92 Å². The molecule has 1 aromatic carbocycles. The molecule has 1 atom stereocenters. The van der Waals surface area contributed by atoms with Gasteiger partial charge in [-0.2, -0.15) is 9.98 Å². The number of aromatic nitrogens is 2. The van der Waals surface area contributed by atoms with Crippen LogP contribution in [0.15, 0.2) is 29.3 Å².